The fraction of sp³-hybridized carbons (Fsp3) is 0.472. The van der Waals surface area contributed by atoms with Crippen molar-refractivity contribution in [1.82, 2.24) is 4.90 Å². The van der Waals surface area contributed by atoms with Crippen LogP contribution in [-0.2, 0) is 19.1 Å². The number of likely N-dealkylation sites (tertiary alicyclic amines) is 1. The molecule has 2 aromatic carbocycles. The van der Waals surface area contributed by atoms with Crippen molar-refractivity contribution in [3.63, 3.8) is 0 Å². The van der Waals surface area contributed by atoms with E-state index in [0.29, 0.717) is 42.2 Å². The SMILES string of the molecule is C=CCN(C(=O)C1N(CCCCCCO)C(=O)[C@@H]2[C@@H](C(=O)N(CC=C)c3ccccc3)[C@]3(C)OC12CC3C)c1ccc(Cl)cc1. The Bertz CT molecular complexity index is 1420. The predicted molar refractivity (Wildman–Crippen MR) is 177 cm³/mol. The molecule has 2 aromatic rings. The van der Waals surface area contributed by atoms with Crippen molar-refractivity contribution in [2.45, 2.75) is 63.2 Å². The molecule has 0 aromatic heterocycles. The van der Waals surface area contributed by atoms with Gasteiger partial charge in [0.2, 0.25) is 11.8 Å². The molecular formula is C36H44ClN3O5. The lowest BCUT2D eigenvalue weighted by molar-refractivity contribution is -0.145. The summed E-state index contributed by atoms with van der Waals surface area (Å²) in [6, 6.07) is 15.5. The van der Waals surface area contributed by atoms with Gasteiger partial charge in [-0.3, -0.25) is 14.4 Å². The van der Waals surface area contributed by atoms with E-state index in [1.165, 1.54) is 0 Å². The molecule has 3 amide bonds. The molecule has 3 heterocycles. The number of amides is 3. The van der Waals surface area contributed by atoms with E-state index in [0.717, 1.165) is 12.8 Å². The van der Waals surface area contributed by atoms with Crippen LogP contribution in [0.2, 0.25) is 5.02 Å². The van der Waals surface area contributed by atoms with E-state index in [1.54, 1.807) is 51.1 Å². The van der Waals surface area contributed by atoms with Gasteiger partial charge in [0.05, 0.1) is 17.4 Å². The Morgan fingerprint density at radius 1 is 0.978 bits per heavy atom. The third-order valence-corrected chi connectivity index (χ3v) is 10.2. The van der Waals surface area contributed by atoms with Crippen molar-refractivity contribution in [2.75, 3.05) is 36.0 Å². The van der Waals surface area contributed by atoms with Crippen molar-refractivity contribution in [2.24, 2.45) is 17.8 Å². The number of hydrogen-bond acceptors (Lipinski definition) is 5. The molecule has 1 spiro atoms. The Morgan fingerprint density at radius 3 is 2.20 bits per heavy atom. The van der Waals surface area contributed by atoms with Crippen LogP contribution in [0.1, 0.15) is 46.0 Å². The number of benzene rings is 2. The quantitative estimate of drug-likeness (QED) is 0.215. The van der Waals surface area contributed by atoms with Crippen LogP contribution < -0.4 is 9.80 Å². The second-order valence-electron chi connectivity index (χ2n) is 12.7. The van der Waals surface area contributed by atoms with Gasteiger partial charge in [-0.2, -0.15) is 0 Å². The van der Waals surface area contributed by atoms with Crippen molar-refractivity contribution in [3.05, 3.63) is 84.9 Å². The van der Waals surface area contributed by atoms with Crippen molar-refractivity contribution in [3.8, 4) is 0 Å². The maximum Gasteiger partial charge on any atom is 0.253 e. The van der Waals surface area contributed by atoms with Crippen molar-refractivity contribution < 1.29 is 24.2 Å². The van der Waals surface area contributed by atoms with Gasteiger partial charge < -0.3 is 24.5 Å². The van der Waals surface area contributed by atoms with Crippen LogP contribution >= 0.6 is 11.6 Å². The number of hydrogen-bond donors (Lipinski definition) is 1. The highest BCUT2D eigenvalue weighted by Crippen LogP contribution is 2.65. The standard InChI is InChI=1S/C36H44ClN3O5/c1-5-20-38(27-14-10-9-11-15-27)32(42)29-30-33(43)40(22-12-7-8-13-23-41)31(36(30)24-25(3)35(29,4)45-36)34(44)39(21-6-2)28-18-16-26(37)17-19-28/h5-6,9-11,14-19,25,29-31,41H,1-2,7-8,12-13,20-24H2,3-4H3/t25?,29-,30-,31?,35+,36?/m0/s1. The first-order valence-electron chi connectivity index (χ1n) is 15.9. The number of aliphatic hydroxyl groups is 1. The molecule has 3 aliphatic heterocycles. The summed E-state index contributed by atoms with van der Waals surface area (Å²) in [5.74, 6) is -2.37. The normalized spacial score (nSPS) is 28.2. The van der Waals surface area contributed by atoms with Crippen LogP contribution in [0.25, 0.3) is 0 Å². The molecule has 8 nitrogen and oxygen atoms in total. The lowest BCUT2D eigenvalue weighted by Gasteiger charge is -2.39. The van der Waals surface area contributed by atoms with Gasteiger partial charge in [0.25, 0.3) is 5.91 Å². The van der Waals surface area contributed by atoms with Gasteiger partial charge in [0, 0.05) is 42.6 Å². The lowest BCUT2D eigenvalue weighted by atomic mass is 9.62. The fourth-order valence-corrected chi connectivity index (χ4v) is 7.96. The van der Waals surface area contributed by atoms with Gasteiger partial charge in [-0.15, -0.1) is 13.2 Å². The van der Waals surface area contributed by atoms with Crippen LogP contribution in [0.4, 0.5) is 11.4 Å². The summed E-state index contributed by atoms with van der Waals surface area (Å²) in [7, 11) is 0. The first-order valence-corrected chi connectivity index (χ1v) is 16.3. The van der Waals surface area contributed by atoms with Crippen molar-refractivity contribution >= 4 is 40.7 Å². The molecule has 0 aliphatic carbocycles. The second-order valence-corrected chi connectivity index (χ2v) is 13.1. The van der Waals surface area contributed by atoms with E-state index in [2.05, 4.69) is 20.1 Å². The Kier molecular flexibility index (Phi) is 9.87. The Morgan fingerprint density at radius 2 is 1.58 bits per heavy atom. The lowest BCUT2D eigenvalue weighted by Crippen LogP contribution is -2.57. The Labute approximate surface area is 271 Å². The van der Waals surface area contributed by atoms with E-state index in [-0.39, 0.29) is 43.3 Å². The molecule has 0 saturated carbocycles. The summed E-state index contributed by atoms with van der Waals surface area (Å²) in [6.07, 6.45) is 6.79. The highest BCUT2D eigenvalue weighted by Gasteiger charge is 2.80. The minimum absolute atomic E-state index is 0.0833. The third kappa shape index (κ3) is 5.73. The monoisotopic (exact) mass is 633 g/mol. The molecule has 3 saturated heterocycles. The number of fused-ring (bicyclic) bond motifs is 1. The Hall–Kier alpha value is -3.46. The zero-order valence-corrected chi connectivity index (χ0v) is 27.0. The summed E-state index contributed by atoms with van der Waals surface area (Å²) in [5.41, 5.74) is -0.758. The fourth-order valence-electron chi connectivity index (χ4n) is 7.83. The number of aliphatic hydroxyl groups excluding tert-OH is 1. The second kappa shape index (κ2) is 13.5. The molecule has 240 valence electrons. The smallest absolute Gasteiger partial charge is 0.253 e. The molecular weight excluding hydrogens is 590 g/mol. The van der Waals surface area contributed by atoms with Crippen LogP contribution in [0.15, 0.2) is 79.9 Å². The number of anilines is 2. The number of halogens is 1. The zero-order chi connectivity index (χ0) is 32.4. The number of para-hydroxylation sites is 1. The third-order valence-electron chi connectivity index (χ3n) is 9.98. The maximum atomic E-state index is 14.8. The van der Waals surface area contributed by atoms with Crippen LogP contribution in [0.3, 0.4) is 0 Å². The summed E-state index contributed by atoms with van der Waals surface area (Å²) in [4.78, 5) is 49.1. The summed E-state index contributed by atoms with van der Waals surface area (Å²) < 4.78 is 6.98. The van der Waals surface area contributed by atoms with E-state index >= 15 is 0 Å². The molecule has 5 rings (SSSR count). The number of unbranched alkanes of at least 4 members (excludes halogenated alkanes) is 3. The van der Waals surface area contributed by atoms with Gasteiger partial charge in [0.1, 0.15) is 11.6 Å². The summed E-state index contributed by atoms with van der Waals surface area (Å²) >= 11 is 6.17. The van der Waals surface area contributed by atoms with Crippen LogP contribution in [0.5, 0.6) is 0 Å². The molecule has 3 unspecified atom stereocenters. The largest absolute Gasteiger partial charge is 0.396 e. The molecule has 2 bridgehead atoms. The van der Waals surface area contributed by atoms with Gasteiger partial charge in [0.15, 0.2) is 0 Å². The molecule has 45 heavy (non-hydrogen) atoms. The zero-order valence-electron chi connectivity index (χ0n) is 26.2. The topological polar surface area (TPSA) is 90.4 Å². The summed E-state index contributed by atoms with van der Waals surface area (Å²) in [6.45, 7) is 12.7. The van der Waals surface area contributed by atoms with E-state index in [9.17, 15) is 19.5 Å². The molecule has 3 aliphatic rings. The number of nitrogens with zero attached hydrogens (tertiary/aromatic N) is 3. The van der Waals surface area contributed by atoms with Gasteiger partial charge in [-0.1, -0.05) is 61.7 Å². The number of carbonyl (C=O) groups is 3. The molecule has 6 atom stereocenters. The van der Waals surface area contributed by atoms with Gasteiger partial charge in [-0.05, 0) is 68.5 Å². The summed E-state index contributed by atoms with van der Waals surface area (Å²) in [5, 5.41) is 9.80. The maximum absolute atomic E-state index is 14.8. The average Bonchev–Trinajstić information content (AvgIpc) is 3.55. The van der Waals surface area contributed by atoms with E-state index in [1.807, 2.05) is 37.3 Å². The van der Waals surface area contributed by atoms with E-state index < -0.39 is 29.1 Å². The molecule has 0 radical (unpaired) electrons. The molecule has 3 fully saturated rings. The van der Waals surface area contributed by atoms with Crippen LogP contribution in [-0.4, -0.2) is 71.2 Å². The number of carbonyl (C=O) groups excluding carboxylic acids is 3. The van der Waals surface area contributed by atoms with E-state index in [4.69, 9.17) is 16.3 Å². The first-order chi connectivity index (χ1) is 21.6. The van der Waals surface area contributed by atoms with Gasteiger partial charge in [-0.25, -0.2) is 0 Å². The first kappa shape index (κ1) is 32.9. The van der Waals surface area contributed by atoms with Crippen molar-refractivity contribution in [1.29, 1.82) is 0 Å². The highest BCUT2D eigenvalue weighted by molar-refractivity contribution is 6.30. The number of rotatable bonds is 14. The molecule has 1 N–H and O–H groups in total. The minimum atomic E-state index is -1.17. The predicted octanol–water partition coefficient (Wildman–Crippen LogP) is 5.64. The number of ether oxygens (including phenoxy) is 1. The van der Waals surface area contributed by atoms with Gasteiger partial charge >= 0.3 is 0 Å². The average molecular weight is 634 g/mol. The van der Waals surface area contributed by atoms with Crippen LogP contribution in [0, 0.1) is 17.8 Å². The minimum Gasteiger partial charge on any atom is -0.396 e. The molecule has 9 heteroatoms. The highest BCUT2D eigenvalue weighted by atomic mass is 35.5. The Balaban J connectivity index is 1.58.